The summed E-state index contributed by atoms with van der Waals surface area (Å²) < 4.78 is 0. The Morgan fingerprint density at radius 1 is 1.13 bits per heavy atom. The zero-order valence-corrected chi connectivity index (χ0v) is 15.0. The molecule has 0 heterocycles. The molecule has 0 atom stereocenters. The van der Waals surface area contributed by atoms with E-state index in [0.29, 0.717) is 20.8 Å². The number of amides is 1. The first-order valence-corrected chi connectivity index (χ1v) is 8.93. The van der Waals surface area contributed by atoms with Crippen LogP contribution in [0.2, 0.25) is 15.1 Å². The zero-order chi connectivity index (χ0) is 16.7. The Morgan fingerprint density at radius 3 is 2.52 bits per heavy atom. The molecule has 0 bridgehead atoms. The van der Waals surface area contributed by atoms with Gasteiger partial charge in [0.15, 0.2) is 0 Å². The maximum absolute atomic E-state index is 11.7. The monoisotopic (exact) mass is 386 g/mol. The first-order valence-electron chi connectivity index (χ1n) is 6.64. The highest BCUT2D eigenvalue weighted by Gasteiger charge is 2.07. The predicted octanol–water partition coefficient (Wildman–Crippen LogP) is 5.03. The number of benzene rings is 2. The lowest BCUT2D eigenvalue weighted by Gasteiger charge is -2.06. The fourth-order valence-corrected chi connectivity index (χ4v) is 3.47. The van der Waals surface area contributed by atoms with E-state index in [1.165, 1.54) is 11.8 Å². The molecule has 0 aliphatic heterocycles. The van der Waals surface area contributed by atoms with Gasteiger partial charge in [-0.15, -0.1) is 11.8 Å². The van der Waals surface area contributed by atoms with Gasteiger partial charge in [0, 0.05) is 20.8 Å². The summed E-state index contributed by atoms with van der Waals surface area (Å²) in [5.74, 6) is 0.620. The van der Waals surface area contributed by atoms with Gasteiger partial charge in [0.25, 0.3) is 0 Å². The van der Waals surface area contributed by atoms with E-state index in [1.807, 2.05) is 12.1 Å². The lowest BCUT2D eigenvalue weighted by Crippen LogP contribution is -2.19. The van der Waals surface area contributed by atoms with Gasteiger partial charge in [-0.3, -0.25) is 4.79 Å². The van der Waals surface area contributed by atoms with E-state index in [-0.39, 0.29) is 11.7 Å². The van der Waals surface area contributed by atoms with Gasteiger partial charge in [-0.25, -0.2) is 5.43 Å². The smallest absolute Gasteiger partial charge is 0.250 e. The second-order valence-corrected chi connectivity index (χ2v) is 6.78. The number of carbonyl (C=O) groups excluding carboxylic acids is 1. The highest BCUT2D eigenvalue weighted by atomic mass is 35.5. The minimum atomic E-state index is -0.198. The maximum Gasteiger partial charge on any atom is 0.250 e. The van der Waals surface area contributed by atoms with Gasteiger partial charge in [-0.1, -0.05) is 53.0 Å². The summed E-state index contributed by atoms with van der Waals surface area (Å²) in [6.07, 6.45) is 1.54. The number of halogens is 3. The van der Waals surface area contributed by atoms with Crippen LogP contribution in [0.15, 0.2) is 47.6 Å². The molecule has 0 radical (unpaired) electrons. The second-order valence-electron chi connectivity index (χ2n) is 4.54. The lowest BCUT2D eigenvalue weighted by atomic mass is 10.2. The molecule has 0 saturated heterocycles. The summed E-state index contributed by atoms with van der Waals surface area (Å²) in [5, 5.41) is 5.72. The van der Waals surface area contributed by atoms with E-state index in [0.717, 1.165) is 11.1 Å². The standard InChI is InChI=1S/C16H13Cl3N2OS/c17-12-4-1-3-11(7-12)8-20-21-16(22)10-23-9-13-14(18)5-2-6-15(13)19/h1-8H,9-10H2,(H,21,22)/b20-8-. The van der Waals surface area contributed by atoms with Crippen LogP contribution in [0.3, 0.4) is 0 Å². The van der Waals surface area contributed by atoms with Crippen molar-refractivity contribution in [2.45, 2.75) is 5.75 Å². The molecule has 0 aliphatic carbocycles. The average Bonchev–Trinajstić information content (AvgIpc) is 2.50. The van der Waals surface area contributed by atoms with Crippen LogP contribution in [0.4, 0.5) is 0 Å². The van der Waals surface area contributed by atoms with Crippen LogP contribution in [0.25, 0.3) is 0 Å². The molecule has 1 N–H and O–H groups in total. The van der Waals surface area contributed by atoms with E-state index < -0.39 is 0 Å². The van der Waals surface area contributed by atoms with Gasteiger partial charge < -0.3 is 0 Å². The number of carbonyl (C=O) groups is 1. The molecule has 2 aromatic rings. The molecule has 2 aromatic carbocycles. The molecule has 0 spiro atoms. The van der Waals surface area contributed by atoms with Gasteiger partial charge in [0.05, 0.1) is 12.0 Å². The van der Waals surface area contributed by atoms with Crippen LogP contribution >= 0.6 is 46.6 Å². The molecule has 7 heteroatoms. The van der Waals surface area contributed by atoms with Gasteiger partial charge in [0.2, 0.25) is 5.91 Å². The summed E-state index contributed by atoms with van der Waals surface area (Å²) in [6, 6.07) is 12.5. The number of nitrogens with zero attached hydrogens (tertiary/aromatic N) is 1. The Morgan fingerprint density at radius 2 is 1.83 bits per heavy atom. The van der Waals surface area contributed by atoms with Crippen LogP contribution in [-0.2, 0) is 10.5 Å². The van der Waals surface area contributed by atoms with Gasteiger partial charge in [-0.05, 0) is 35.4 Å². The Kier molecular flexibility index (Phi) is 7.24. The first-order chi connectivity index (χ1) is 11.1. The number of nitrogens with one attached hydrogen (secondary N) is 1. The van der Waals surface area contributed by atoms with Gasteiger partial charge >= 0.3 is 0 Å². The summed E-state index contributed by atoms with van der Waals surface area (Å²) >= 11 is 19.4. The summed E-state index contributed by atoms with van der Waals surface area (Å²) in [5.41, 5.74) is 4.11. The van der Waals surface area contributed by atoms with Crippen LogP contribution in [0.5, 0.6) is 0 Å². The first kappa shape index (κ1) is 18.1. The van der Waals surface area contributed by atoms with Gasteiger partial charge in [-0.2, -0.15) is 5.10 Å². The molecule has 0 aromatic heterocycles. The van der Waals surface area contributed by atoms with E-state index in [9.17, 15) is 4.79 Å². The van der Waals surface area contributed by atoms with Crippen molar-refractivity contribution in [3.8, 4) is 0 Å². The Labute approximate surface area is 154 Å². The quantitative estimate of drug-likeness (QED) is 0.558. The average molecular weight is 388 g/mol. The number of rotatable bonds is 6. The molecule has 120 valence electrons. The molecule has 1 amide bonds. The molecule has 0 fully saturated rings. The van der Waals surface area contributed by atoms with Crippen LogP contribution in [0.1, 0.15) is 11.1 Å². The maximum atomic E-state index is 11.7. The summed E-state index contributed by atoms with van der Waals surface area (Å²) in [7, 11) is 0. The molecule has 23 heavy (non-hydrogen) atoms. The van der Waals surface area contributed by atoms with Crippen molar-refractivity contribution < 1.29 is 4.79 Å². The Bertz CT molecular complexity index is 702. The van der Waals surface area contributed by atoms with Crippen molar-refractivity contribution in [2.75, 3.05) is 5.75 Å². The third-order valence-corrected chi connectivity index (χ3v) is 4.70. The number of hydrogen-bond donors (Lipinski definition) is 1. The topological polar surface area (TPSA) is 41.5 Å². The molecular weight excluding hydrogens is 375 g/mol. The van der Waals surface area contributed by atoms with Crippen LogP contribution in [-0.4, -0.2) is 17.9 Å². The minimum absolute atomic E-state index is 0.198. The predicted molar refractivity (Wildman–Crippen MR) is 99.8 cm³/mol. The fraction of sp³-hybridized carbons (Fsp3) is 0.125. The van der Waals surface area contributed by atoms with Crippen molar-refractivity contribution >= 4 is 58.7 Å². The van der Waals surface area contributed by atoms with Crippen LogP contribution in [0, 0.1) is 0 Å². The molecule has 2 rings (SSSR count). The van der Waals surface area contributed by atoms with E-state index in [2.05, 4.69) is 10.5 Å². The number of hydrazone groups is 1. The minimum Gasteiger partial charge on any atom is -0.272 e. The lowest BCUT2D eigenvalue weighted by molar-refractivity contribution is -0.118. The highest BCUT2D eigenvalue weighted by Crippen LogP contribution is 2.28. The molecule has 0 aliphatic rings. The van der Waals surface area contributed by atoms with E-state index in [4.69, 9.17) is 34.8 Å². The largest absolute Gasteiger partial charge is 0.272 e. The Hall–Kier alpha value is -1.20. The van der Waals surface area contributed by atoms with Gasteiger partial charge in [0.1, 0.15) is 0 Å². The van der Waals surface area contributed by atoms with Crippen molar-refractivity contribution in [3.05, 3.63) is 68.7 Å². The highest BCUT2D eigenvalue weighted by molar-refractivity contribution is 7.99. The van der Waals surface area contributed by atoms with E-state index >= 15 is 0 Å². The van der Waals surface area contributed by atoms with Crippen molar-refractivity contribution in [1.29, 1.82) is 0 Å². The molecule has 3 nitrogen and oxygen atoms in total. The molecule has 0 saturated carbocycles. The summed E-state index contributed by atoms with van der Waals surface area (Å²) in [4.78, 5) is 11.7. The Balaban J connectivity index is 1.77. The van der Waals surface area contributed by atoms with Crippen LogP contribution < -0.4 is 5.43 Å². The second kappa shape index (κ2) is 9.18. The zero-order valence-electron chi connectivity index (χ0n) is 11.9. The van der Waals surface area contributed by atoms with E-state index in [1.54, 1.807) is 36.5 Å². The third-order valence-electron chi connectivity index (χ3n) is 2.79. The molecular formula is C16H13Cl3N2OS. The fourth-order valence-electron chi connectivity index (χ4n) is 1.71. The number of thioether (sulfide) groups is 1. The van der Waals surface area contributed by atoms with Crippen molar-refractivity contribution in [3.63, 3.8) is 0 Å². The van der Waals surface area contributed by atoms with Crippen molar-refractivity contribution in [1.82, 2.24) is 5.43 Å². The summed E-state index contributed by atoms with van der Waals surface area (Å²) in [6.45, 7) is 0. The van der Waals surface area contributed by atoms with Crippen molar-refractivity contribution in [2.24, 2.45) is 5.10 Å². The molecule has 0 unspecified atom stereocenters. The number of hydrogen-bond acceptors (Lipinski definition) is 3. The normalized spacial score (nSPS) is 10.9. The third kappa shape index (κ3) is 6.07. The SMILES string of the molecule is O=C(CSCc1c(Cl)cccc1Cl)N/N=C\c1cccc(Cl)c1.